The van der Waals surface area contributed by atoms with Crippen LogP contribution in [0.3, 0.4) is 0 Å². The van der Waals surface area contributed by atoms with Crippen LogP contribution in [0.5, 0.6) is 5.75 Å². The summed E-state index contributed by atoms with van der Waals surface area (Å²) < 4.78 is 5.40. The maximum Gasteiger partial charge on any atom is 0.282 e. The van der Waals surface area contributed by atoms with E-state index in [1.807, 2.05) is 74.5 Å². The van der Waals surface area contributed by atoms with Gasteiger partial charge in [0, 0.05) is 0 Å². The molecule has 0 fully saturated rings. The summed E-state index contributed by atoms with van der Waals surface area (Å²) in [7, 11) is 1.57. The van der Waals surface area contributed by atoms with Crippen molar-refractivity contribution >= 4 is 28.8 Å². The van der Waals surface area contributed by atoms with E-state index >= 15 is 0 Å². The standard InChI is InChI=1S/C25H22N2O3/c1-16-13-14-19(15-17(16)2)27-24(28)22(18-9-5-4-6-10-18)23(25(27)29)26-20-11-7-8-12-21(20)30-3/h4-15,26H,1-3H3. The minimum Gasteiger partial charge on any atom is -0.495 e. The van der Waals surface area contributed by atoms with E-state index in [0.29, 0.717) is 28.3 Å². The highest BCUT2D eigenvalue weighted by molar-refractivity contribution is 6.46. The molecule has 3 aromatic carbocycles. The Morgan fingerprint density at radius 2 is 1.50 bits per heavy atom. The van der Waals surface area contributed by atoms with Crippen LogP contribution in [0.25, 0.3) is 5.57 Å². The van der Waals surface area contributed by atoms with Gasteiger partial charge < -0.3 is 10.1 Å². The van der Waals surface area contributed by atoms with E-state index in [-0.39, 0.29) is 11.6 Å². The number of hydrogen-bond donors (Lipinski definition) is 1. The number of carbonyl (C=O) groups is 2. The smallest absolute Gasteiger partial charge is 0.282 e. The van der Waals surface area contributed by atoms with Crippen LogP contribution in [0, 0.1) is 13.8 Å². The number of para-hydroxylation sites is 2. The van der Waals surface area contributed by atoms with Gasteiger partial charge in [-0.2, -0.15) is 0 Å². The van der Waals surface area contributed by atoms with Crippen LogP contribution in [0.15, 0.2) is 78.5 Å². The van der Waals surface area contributed by atoms with E-state index < -0.39 is 5.91 Å². The Balaban J connectivity index is 1.84. The number of nitrogens with zero attached hydrogens (tertiary/aromatic N) is 1. The third kappa shape index (κ3) is 3.35. The van der Waals surface area contributed by atoms with Gasteiger partial charge in [0.15, 0.2) is 0 Å². The fraction of sp³-hybridized carbons (Fsp3) is 0.120. The zero-order valence-corrected chi connectivity index (χ0v) is 17.1. The molecule has 0 saturated carbocycles. The van der Waals surface area contributed by atoms with Crippen molar-refractivity contribution in [3.8, 4) is 5.75 Å². The molecule has 1 N–H and O–H groups in total. The van der Waals surface area contributed by atoms with E-state index in [1.165, 1.54) is 4.90 Å². The predicted molar refractivity (Wildman–Crippen MR) is 118 cm³/mol. The van der Waals surface area contributed by atoms with E-state index in [0.717, 1.165) is 11.1 Å². The molecule has 2 amide bonds. The number of aryl methyl sites for hydroxylation is 2. The van der Waals surface area contributed by atoms with Crippen molar-refractivity contribution in [3.05, 3.63) is 95.2 Å². The maximum absolute atomic E-state index is 13.4. The van der Waals surface area contributed by atoms with Gasteiger partial charge in [0.1, 0.15) is 11.4 Å². The summed E-state index contributed by atoms with van der Waals surface area (Å²) >= 11 is 0. The fourth-order valence-corrected chi connectivity index (χ4v) is 3.50. The molecule has 5 nitrogen and oxygen atoms in total. The Labute approximate surface area is 175 Å². The SMILES string of the molecule is COc1ccccc1NC1=C(c2ccccc2)C(=O)N(c2ccc(C)c(C)c2)C1=O. The number of hydrogen-bond acceptors (Lipinski definition) is 4. The van der Waals surface area contributed by atoms with E-state index in [4.69, 9.17) is 4.74 Å². The van der Waals surface area contributed by atoms with Crippen LogP contribution < -0.4 is 15.0 Å². The summed E-state index contributed by atoms with van der Waals surface area (Å²) in [5.74, 6) is -0.165. The van der Waals surface area contributed by atoms with Crippen molar-refractivity contribution in [2.75, 3.05) is 17.3 Å². The molecule has 1 aliphatic heterocycles. The lowest BCUT2D eigenvalue weighted by atomic mass is 10.0. The lowest BCUT2D eigenvalue weighted by Crippen LogP contribution is -2.32. The van der Waals surface area contributed by atoms with Crippen molar-refractivity contribution in [3.63, 3.8) is 0 Å². The minimum atomic E-state index is -0.395. The largest absolute Gasteiger partial charge is 0.495 e. The van der Waals surface area contributed by atoms with Gasteiger partial charge in [0.25, 0.3) is 11.8 Å². The van der Waals surface area contributed by atoms with Crippen LogP contribution in [0.4, 0.5) is 11.4 Å². The zero-order chi connectivity index (χ0) is 21.3. The highest BCUT2D eigenvalue weighted by Crippen LogP contribution is 2.35. The molecule has 1 aliphatic rings. The molecule has 0 spiro atoms. The van der Waals surface area contributed by atoms with Gasteiger partial charge in [0.05, 0.1) is 24.1 Å². The van der Waals surface area contributed by atoms with Crippen LogP contribution in [0.2, 0.25) is 0 Å². The van der Waals surface area contributed by atoms with Crippen LogP contribution in [-0.4, -0.2) is 18.9 Å². The minimum absolute atomic E-state index is 0.230. The van der Waals surface area contributed by atoms with Gasteiger partial charge in [-0.15, -0.1) is 0 Å². The van der Waals surface area contributed by atoms with Crippen molar-refractivity contribution < 1.29 is 14.3 Å². The number of nitrogens with one attached hydrogen (secondary N) is 1. The Morgan fingerprint density at radius 3 is 2.20 bits per heavy atom. The summed E-state index contributed by atoms with van der Waals surface area (Å²) in [5.41, 5.74) is 4.53. The first-order valence-corrected chi connectivity index (χ1v) is 9.67. The normalized spacial score (nSPS) is 13.8. The topological polar surface area (TPSA) is 58.6 Å². The second-order valence-corrected chi connectivity index (χ2v) is 7.16. The van der Waals surface area contributed by atoms with E-state index in [9.17, 15) is 9.59 Å². The molecule has 150 valence electrons. The van der Waals surface area contributed by atoms with Crippen LogP contribution in [0.1, 0.15) is 16.7 Å². The van der Waals surface area contributed by atoms with Gasteiger partial charge in [-0.1, -0.05) is 48.5 Å². The number of carbonyl (C=O) groups excluding carboxylic acids is 2. The quantitative estimate of drug-likeness (QED) is 0.633. The molecule has 1 heterocycles. The summed E-state index contributed by atoms with van der Waals surface area (Å²) in [6.07, 6.45) is 0. The molecule has 0 atom stereocenters. The van der Waals surface area contributed by atoms with E-state index in [2.05, 4.69) is 5.32 Å². The number of amides is 2. The second-order valence-electron chi connectivity index (χ2n) is 7.16. The molecule has 30 heavy (non-hydrogen) atoms. The van der Waals surface area contributed by atoms with Crippen molar-refractivity contribution in [1.29, 1.82) is 0 Å². The lowest BCUT2D eigenvalue weighted by molar-refractivity contribution is -0.120. The van der Waals surface area contributed by atoms with Crippen LogP contribution in [-0.2, 0) is 9.59 Å². The van der Waals surface area contributed by atoms with Gasteiger partial charge in [-0.05, 0) is 54.8 Å². The highest BCUT2D eigenvalue weighted by atomic mass is 16.5. The average Bonchev–Trinajstić information content (AvgIpc) is 3.00. The molecule has 0 aromatic heterocycles. The molecule has 5 heteroatoms. The molecule has 4 rings (SSSR count). The van der Waals surface area contributed by atoms with E-state index in [1.54, 1.807) is 19.2 Å². The molecular formula is C25H22N2O3. The number of methoxy groups -OCH3 is 1. The van der Waals surface area contributed by atoms with Gasteiger partial charge >= 0.3 is 0 Å². The molecule has 0 aliphatic carbocycles. The van der Waals surface area contributed by atoms with Crippen molar-refractivity contribution in [2.24, 2.45) is 0 Å². The molecule has 3 aromatic rings. The predicted octanol–water partition coefficient (Wildman–Crippen LogP) is 4.71. The Bertz CT molecular complexity index is 1170. The number of imide groups is 1. The maximum atomic E-state index is 13.4. The van der Waals surface area contributed by atoms with Crippen molar-refractivity contribution in [2.45, 2.75) is 13.8 Å². The summed E-state index contributed by atoms with van der Waals surface area (Å²) in [5, 5.41) is 3.16. The first kappa shape index (κ1) is 19.5. The number of rotatable bonds is 5. The monoisotopic (exact) mass is 398 g/mol. The lowest BCUT2D eigenvalue weighted by Gasteiger charge is -2.17. The van der Waals surface area contributed by atoms with Crippen LogP contribution >= 0.6 is 0 Å². The molecule has 0 saturated heterocycles. The molecular weight excluding hydrogens is 376 g/mol. The fourth-order valence-electron chi connectivity index (χ4n) is 3.50. The molecule has 0 unspecified atom stereocenters. The third-order valence-electron chi connectivity index (χ3n) is 5.26. The van der Waals surface area contributed by atoms with Gasteiger partial charge in [-0.3, -0.25) is 9.59 Å². The van der Waals surface area contributed by atoms with Crippen molar-refractivity contribution in [1.82, 2.24) is 0 Å². The summed E-state index contributed by atoms with van der Waals surface area (Å²) in [6, 6.07) is 22.1. The summed E-state index contributed by atoms with van der Waals surface area (Å²) in [4.78, 5) is 28.1. The van der Waals surface area contributed by atoms with Gasteiger partial charge in [0.2, 0.25) is 0 Å². The molecule has 0 radical (unpaired) electrons. The average molecular weight is 398 g/mol. The Morgan fingerprint density at radius 1 is 0.800 bits per heavy atom. The first-order chi connectivity index (χ1) is 14.5. The third-order valence-corrected chi connectivity index (χ3v) is 5.26. The Kier molecular flexibility index (Phi) is 5.11. The number of ether oxygens (including phenoxy) is 1. The Hall–Kier alpha value is -3.86. The number of benzene rings is 3. The zero-order valence-electron chi connectivity index (χ0n) is 17.1. The first-order valence-electron chi connectivity index (χ1n) is 9.67. The summed E-state index contributed by atoms with van der Waals surface area (Å²) in [6.45, 7) is 3.96. The number of anilines is 2. The second kappa shape index (κ2) is 7.87. The van der Waals surface area contributed by atoms with Gasteiger partial charge in [-0.25, -0.2) is 4.90 Å². The molecule has 0 bridgehead atoms. The highest BCUT2D eigenvalue weighted by Gasteiger charge is 2.40.